The van der Waals surface area contributed by atoms with Crippen LogP contribution in [0.3, 0.4) is 0 Å². The van der Waals surface area contributed by atoms with E-state index >= 15 is 0 Å². The van der Waals surface area contributed by atoms with Crippen molar-refractivity contribution < 1.29 is 19.1 Å². The van der Waals surface area contributed by atoms with Crippen molar-refractivity contribution >= 4 is 34.9 Å². The van der Waals surface area contributed by atoms with Crippen molar-refractivity contribution in [1.82, 2.24) is 14.9 Å². The minimum absolute atomic E-state index is 0.181. The zero-order valence-corrected chi connectivity index (χ0v) is 15.2. The molecule has 0 saturated carbocycles. The number of nitrogens with zero attached hydrogens (tertiary/aromatic N) is 4. The molecule has 1 unspecified atom stereocenters. The number of carbonyl (C=O) groups excluding carboxylic acids is 1. The van der Waals surface area contributed by atoms with Gasteiger partial charge in [0.25, 0.3) is 6.01 Å². The third-order valence-electron chi connectivity index (χ3n) is 3.80. The molecule has 3 rings (SSSR count). The summed E-state index contributed by atoms with van der Waals surface area (Å²) in [5, 5.41) is 10.0. The lowest BCUT2D eigenvalue weighted by Crippen LogP contribution is -2.57. The van der Waals surface area contributed by atoms with Crippen molar-refractivity contribution in [2.75, 3.05) is 31.1 Å². The zero-order valence-electron chi connectivity index (χ0n) is 14.4. The second-order valence-corrected chi connectivity index (χ2v) is 7.30. The molecule has 1 atom stereocenters. The van der Waals surface area contributed by atoms with Crippen molar-refractivity contribution in [3.8, 4) is 0 Å². The van der Waals surface area contributed by atoms with Crippen molar-refractivity contribution in [3.05, 3.63) is 17.3 Å². The van der Waals surface area contributed by atoms with Crippen LogP contribution in [0.15, 0.2) is 16.5 Å². The Bertz CT molecular complexity index is 773. The molecule has 3 heterocycles. The van der Waals surface area contributed by atoms with E-state index in [0.717, 1.165) is 0 Å². The van der Waals surface area contributed by atoms with Crippen LogP contribution in [0.25, 0.3) is 11.2 Å². The number of hydrogen-bond donors (Lipinski definition) is 1. The lowest BCUT2D eigenvalue weighted by molar-refractivity contribution is 0.00673. The molecule has 2 aromatic heterocycles. The van der Waals surface area contributed by atoms with Crippen LogP contribution in [0.1, 0.15) is 20.8 Å². The number of rotatable bonds is 2. The number of anilines is 1. The van der Waals surface area contributed by atoms with Gasteiger partial charge in [0.1, 0.15) is 10.8 Å². The van der Waals surface area contributed by atoms with Crippen LogP contribution in [0, 0.1) is 0 Å². The summed E-state index contributed by atoms with van der Waals surface area (Å²) in [6.45, 7) is 6.54. The number of pyridine rings is 1. The minimum atomic E-state index is -0.584. The van der Waals surface area contributed by atoms with E-state index in [0.29, 0.717) is 42.0 Å². The Morgan fingerprint density at radius 3 is 2.84 bits per heavy atom. The molecule has 0 spiro atoms. The third kappa shape index (κ3) is 3.96. The molecule has 0 aromatic carbocycles. The van der Waals surface area contributed by atoms with Crippen LogP contribution in [0.4, 0.5) is 10.8 Å². The van der Waals surface area contributed by atoms with E-state index in [1.807, 2.05) is 25.7 Å². The predicted octanol–water partition coefficient (Wildman–Crippen LogP) is 2.29. The number of aromatic nitrogens is 2. The standard InChI is InChI=1S/C16H21ClN4O4/c1-16(2,3)25-15(23)21-7-6-20(8-10(21)9-22)14-19-13-11(24-14)4-5-12(17)18-13/h4-5,10,22H,6-9H2,1-3H3. The van der Waals surface area contributed by atoms with Gasteiger partial charge in [-0.1, -0.05) is 11.6 Å². The maximum Gasteiger partial charge on any atom is 0.410 e. The molecule has 1 fully saturated rings. The highest BCUT2D eigenvalue weighted by molar-refractivity contribution is 6.29. The van der Waals surface area contributed by atoms with Crippen LogP contribution in [-0.2, 0) is 4.74 Å². The predicted molar refractivity (Wildman–Crippen MR) is 92.8 cm³/mol. The monoisotopic (exact) mass is 368 g/mol. The Balaban J connectivity index is 1.75. The van der Waals surface area contributed by atoms with Crippen molar-refractivity contribution in [2.45, 2.75) is 32.4 Å². The molecule has 1 N–H and O–H groups in total. The van der Waals surface area contributed by atoms with Gasteiger partial charge in [-0.25, -0.2) is 9.78 Å². The van der Waals surface area contributed by atoms with Crippen LogP contribution < -0.4 is 4.90 Å². The van der Waals surface area contributed by atoms with Crippen molar-refractivity contribution in [1.29, 1.82) is 0 Å². The molecule has 8 nitrogen and oxygen atoms in total. The molecular formula is C16H21ClN4O4. The topological polar surface area (TPSA) is 91.9 Å². The summed E-state index contributed by atoms with van der Waals surface area (Å²) in [5.41, 5.74) is 0.381. The summed E-state index contributed by atoms with van der Waals surface area (Å²) in [5.74, 6) is 0. The van der Waals surface area contributed by atoms with Gasteiger partial charge in [0, 0.05) is 19.6 Å². The van der Waals surface area contributed by atoms with E-state index in [9.17, 15) is 9.90 Å². The largest absolute Gasteiger partial charge is 0.444 e. The number of ether oxygens (including phenoxy) is 1. The summed E-state index contributed by atoms with van der Waals surface area (Å²) >= 11 is 5.87. The van der Waals surface area contributed by atoms with Crippen LogP contribution in [-0.4, -0.2) is 64.0 Å². The summed E-state index contributed by atoms with van der Waals surface area (Å²) in [4.78, 5) is 24.2. The first kappa shape index (κ1) is 17.8. The molecule has 1 saturated heterocycles. The third-order valence-corrected chi connectivity index (χ3v) is 4.01. The van der Waals surface area contributed by atoms with E-state index in [4.69, 9.17) is 20.8 Å². The fourth-order valence-corrected chi connectivity index (χ4v) is 2.81. The first-order chi connectivity index (χ1) is 11.8. The molecule has 25 heavy (non-hydrogen) atoms. The minimum Gasteiger partial charge on any atom is -0.444 e. The van der Waals surface area contributed by atoms with Gasteiger partial charge in [0.05, 0.1) is 12.6 Å². The molecule has 0 aliphatic carbocycles. The Morgan fingerprint density at radius 2 is 2.16 bits per heavy atom. The smallest absolute Gasteiger partial charge is 0.410 e. The quantitative estimate of drug-likeness (QED) is 0.813. The maximum atomic E-state index is 12.3. The van der Waals surface area contributed by atoms with Crippen LogP contribution in [0.2, 0.25) is 5.15 Å². The van der Waals surface area contributed by atoms with Crippen LogP contribution >= 0.6 is 11.6 Å². The Hall–Kier alpha value is -2.06. The molecule has 0 bridgehead atoms. The fourth-order valence-electron chi connectivity index (χ4n) is 2.67. The van der Waals surface area contributed by atoms with Gasteiger partial charge < -0.3 is 19.2 Å². The van der Waals surface area contributed by atoms with Crippen molar-refractivity contribution in [3.63, 3.8) is 0 Å². The van der Waals surface area contributed by atoms with E-state index in [1.165, 1.54) is 0 Å². The number of amides is 1. The lowest BCUT2D eigenvalue weighted by Gasteiger charge is -2.40. The van der Waals surface area contributed by atoms with Gasteiger partial charge in [-0.15, -0.1) is 0 Å². The maximum absolute atomic E-state index is 12.3. The van der Waals surface area contributed by atoms with E-state index < -0.39 is 17.7 Å². The first-order valence-electron chi connectivity index (χ1n) is 8.05. The molecule has 1 aliphatic heterocycles. The molecule has 0 radical (unpaired) electrons. The van der Waals surface area contributed by atoms with Gasteiger partial charge in [0.15, 0.2) is 5.58 Å². The number of halogens is 1. The molecule has 1 amide bonds. The molecule has 9 heteroatoms. The average molecular weight is 369 g/mol. The Morgan fingerprint density at radius 1 is 1.40 bits per heavy atom. The van der Waals surface area contributed by atoms with E-state index in [1.54, 1.807) is 17.0 Å². The van der Waals surface area contributed by atoms with E-state index in [2.05, 4.69) is 9.97 Å². The second-order valence-electron chi connectivity index (χ2n) is 6.91. The highest BCUT2D eigenvalue weighted by Crippen LogP contribution is 2.25. The number of oxazole rings is 1. The van der Waals surface area contributed by atoms with Gasteiger partial charge in [-0.3, -0.25) is 4.90 Å². The van der Waals surface area contributed by atoms with Gasteiger partial charge >= 0.3 is 6.09 Å². The highest BCUT2D eigenvalue weighted by atomic mass is 35.5. The number of piperazine rings is 1. The molecule has 136 valence electrons. The number of hydrogen-bond acceptors (Lipinski definition) is 7. The highest BCUT2D eigenvalue weighted by Gasteiger charge is 2.34. The number of fused-ring (bicyclic) bond motifs is 1. The second kappa shape index (κ2) is 6.68. The summed E-state index contributed by atoms with van der Waals surface area (Å²) in [7, 11) is 0. The summed E-state index contributed by atoms with van der Waals surface area (Å²) in [6, 6.07) is 3.33. The number of aliphatic hydroxyl groups excluding tert-OH is 1. The fraction of sp³-hybridized carbons (Fsp3) is 0.562. The van der Waals surface area contributed by atoms with Gasteiger partial charge in [-0.05, 0) is 32.9 Å². The average Bonchev–Trinajstić information content (AvgIpc) is 2.95. The van der Waals surface area contributed by atoms with E-state index in [-0.39, 0.29) is 6.61 Å². The number of aliphatic hydroxyl groups is 1. The van der Waals surface area contributed by atoms with Crippen molar-refractivity contribution in [2.24, 2.45) is 0 Å². The first-order valence-corrected chi connectivity index (χ1v) is 8.43. The van der Waals surface area contributed by atoms with Crippen LogP contribution in [0.5, 0.6) is 0 Å². The normalized spacial score (nSPS) is 18.7. The summed E-state index contributed by atoms with van der Waals surface area (Å²) < 4.78 is 11.1. The molecule has 2 aromatic rings. The van der Waals surface area contributed by atoms with Gasteiger partial charge in [-0.2, -0.15) is 4.98 Å². The Kier molecular flexibility index (Phi) is 4.75. The lowest BCUT2D eigenvalue weighted by atomic mass is 10.2. The van der Waals surface area contributed by atoms with Gasteiger partial charge in [0.2, 0.25) is 5.65 Å². The zero-order chi connectivity index (χ0) is 18.2. The molecule has 1 aliphatic rings. The molecular weight excluding hydrogens is 348 g/mol. The Labute approximate surface area is 150 Å². The summed E-state index contributed by atoms with van der Waals surface area (Å²) in [6.07, 6.45) is -0.433. The SMILES string of the molecule is CC(C)(C)OC(=O)N1CCN(c2nc3nc(Cl)ccc3o2)CC1CO. The number of carbonyl (C=O) groups is 1.